The van der Waals surface area contributed by atoms with Gasteiger partial charge in [0, 0.05) is 21.5 Å². The molecule has 3 aromatic rings. The molecule has 0 unspecified atom stereocenters. The van der Waals surface area contributed by atoms with Crippen LogP contribution in [0, 0.1) is 11.3 Å². The molecule has 0 bridgehead atoms. The summed E-state index contributed by atoms with van der Waals surface area (Å²) in [6.07, 6.45) is 0. The van der Waals surface area contributed by atoms with E-state index in [1.54, 1.807) is 24.3 Å². The number of nitrogen functional groups attached to an aromatic ring is 1. The SMILES string of the molecule is N#Cc1c(-c2cccs2)cc(=O)n(-c2ccc(Cl)cc2)c1N. The van der Waals surface area contributed by atoms with Crippen molar-refractivity contribution in [2.24, 2.45) is 0 Å². The molecule has 1 aromatic carbocycles. The minimum Gasteiger partial charge on any atom is -0.384 e. The van der Waals surface area contributed by atoms with Crippen molar-refractivity contribution in [3.05, 3.63) is 68.8 Å². The average Bonchev–Trinajstić information content (AvgIpc) is 3.03. The largest absolute Gasteiger partial charge is 0.384 e. The van der Waals surface area contributed by atoms with Gasteiger partial charge in [-0.3, -0.25) is 9.36 Å². The van der Waals surface area contributed by atoms with Crippen molar-refractivity contribution in [2.75, 3.05) is 5.73 Å². The summed E-state index contributed by atoms with van der Waals surface area (Å²) in [6, 6.07) is 14.0. The second kappa shape index (κ2) is 5.68. The van der Waals surface area contributed by atoms with Crippen LogP contribution in [0.25, 0.3) is 16.1 Å². The summed E-state index contributed by atoms with van der Waals surface area (Å²) >= 11 is 7.31. The summed E-state index contributed by atoms with van der Waals surface area (Å²) in [4.78, 5) is 13.3. The molecule has 0 amide bonds. The number of benzene rings is 1. The molecule has 22 heavy (non-hydrogen) atoms. The number of nitrogens with zero attached hydrogens (tertiary/aromatic N) is 2. The van der Waals surface area contributed by atoms with Gasteiger partial charge in [0.15, 0.2) is 0 Å². The van der Waals surface area contributed by atoms with E-state index in [-0.39, 0.29) is 16.9 Å². The summed E-state index contributed by atoms with van der Waals surface area (Å²) in [5, 5.41) is 11.9. The first-order valence-electron chi connectivity index (χ1n) is 6.37. The van der Waals surface area contributed by atoms with Gasteiger partial charge in [-0.05, 0) is 35.7 Å². The van der Waals surface area contributed by atoms with E-state index in [1.807, 2.05) is 17.5 Å². The lowest BCUT2D eigenvalue weighted by Gasteiger charge is -2.13. The van der Waals surface area contributed by atoms with E-state index in [0.717, 1.165) is 4.88 Å². The Morgan fingerprint density at radius 3 is 2.55 bits per heavy atom. The van der Waals surface area contributed by atoms with E-state index in [4.69, 9.17) is 17.3 Å². The van der Waals surface area contributed by atoms with Gasteiger partial charge in [0.25, 0.3) is 5.56 Å². The average molecular weight is 328 g/mol. The van der Waals surface area contributed by atoms with E-state index in [2.05, 4.69) is 6.07 Å². The van der Waals surface area contributed by atoms with E-state index in [1.165, 1.54) is 22.0 Å². The molecule has 0 atom stereocenters. The third-order valence-electron chi connectivity index (χ3n) is 3.24. The second-order valence-electron chi connectivity index (χ2n) is 4.56. The second-order valence-corrected chi connectivity index (χ2v) is 5.94. The summed E-state index contributed by atoms with van der Waals surface area (Å²) in [5.41, 5.74) is 7.21. The molecule has 0 saturated heterocycles. The van der Waals surface area contributed by atoms with Crippen LogP contribution in [0.5, 0.6) is 0 Å². The molecule has 6 heteroatoms. The number of hydrogen-bond donors (Lipinski definition) is 1. The molecule has 2 N–H and O–H groups in total. The van der Waals surface area contributed by atoms with Crippen LogP contribution in [0.1, 0.15) is 5.56 Å². The number of aromatic nitrogens is 1. The number of thiophene rings is 1. The van der Waals surface area contributed by atoms with Gasteiger partial charge < -0.3 is 5.73 Å². The van der Waals surface area contributed by atoms with Gasteiger partial charge in [0.1, 0.15) is 17.5 Å². The molecule has 0 aliphatic rings. The normalized spacial score (nSPS) is 10.4. The first-order chi connectivity index (χ1) is 10.6. The Bertz CT molecular complexity index is 922. The van der Waals surface area contributed by atoms with Crippen molar-refractivity contribution in [1.29, 1.82) is 5.26 Å². The monoisotopic (exact) mass is 327 g/mol. The first kappa shape index (κ1) is 14.4. The molecule has 0 aliphatic heterocycles. The zero-order chi connectivity index (χ0) is 15.7. The van der Waals surface area contributed by atoms with Gasteiger partial charge in [-0.2, -0.15) is 5.26 Å². The third kappa shape index (κ3) is 2.39. The Kier molecular flexibility index (Phi) is 3.72. The lowest BCUT2D eigenvalue weighted by Crippen LogP contribution is -2.22. The molecule has 3 rings (SSSR count). The van der Waals surface area contributed by atoms with Crippen LogP contribution in [0.4, 0.5) is 5.82 Å². The van der Waals surface area contributed by atoms with E-state index >= 15 is 0 Å². The van der Waals surface area contributed by atoms with Crippen LogP contribution in [0.3, 0.4) is 0 Å². The number of halogens is 1. The van der Waals surface area contributed by atoms with Crippen molar-refractivity contribution >= 4 is 28.8 Å². The van der Waals surface area contributed by atoms with Crippen LogP contribution >= 0.6 is 22.9 Å². The number of nitriles is 1. The van der Waals surface area contributed by atoms with Gasteiger partial charge in [-0.1, -0.05) is 17.7 Å². The van der Waals surface area contributed by atoms with Crippen molar-refractivity contribution in [1.82, 2.24) is 4.57 Å². The van der Waals surface area contributed by atoms with Crippen LogP contribution in [-0.4, -0.2) is 4.57 Å². The van der Waals surface area contributed by atoms with E-state index in [9.17, 15) is 10.1 Å². The summed E-state index contributed by atoms with van der Waals surface area (Å²) in [7, 11) is 0. The highest BCUT2D eigenvalue weighted by Gasteiger charge is 2.16. The quantitative estimate of drug-likeness (QED) is 0.780. The maximum atomic E-state index is 12.5. The van der Waals surface area contributed by atoms with Crippen molar-refractivity contribution in [3.63, 3.8) is 0 Å². The highest BCUT2D eigenvalue weighted by Crippen LogP contribution is 2.30. The number of nitrogens with two attached hydrogens (primary N) is 1. The zero-order valence-corrected chi connectivity index (χ0v) is 12.9. The van der Waals surface area contributed by atoms with Crippen LogP contribution < -0.4 is 11.3 Å². The predicted molar refractivity (Wildman–Crippen MR) is 89.5 cm³/mol. The van der Waals surface area contributed by atoms with Crippen molar-refractivity contribution in [2.45, 2.75) is 0 Å². The maximum absolute atomic E-state index is 12.5. The Morgan fingerprint density at radius 1 is 1.23 bits per heavy atom. The zero-order valence-electron chi connectivity index (χ0n) is 11.3. The summed E-state index contributed by atoms with van der Waals surface area (Å²) < 4.78 is 1.31. The standard InChI is InChI=1S/C16H10ClN3OS/c17-10-3-5-11(6-4-10)20-15(21)8-12(13(9-18)16(20)19)14-2-1-7-22-14/h1-8H,19H2. The maximum Gasteiger partial charge on any atom is 0.257 e. The lowest BCUT2D eigenvalue weighted by atomic mass is 10.1. The number of pyridine rings is 1. The molecule has 2 aromatic heterocycles. The molecule has 0 radical (unpaired) electrons. The van der Waals surface area contributed by atoms with Crippen LogP contribution in [0.2, 0.25) is 5.02 Å². The van der Waals surface area contributed by atoms with Gasteiger partial charge in [-0.25, -0.2) is 0 Å². The number of hydrogen-bond acceptors (Lipinski definition) is 4. The highest BCUT2D eigenvalue weighted by molar-refractivity contribution is 7.13. The Balaban J connectivity index is 2.29. The van der Waals surface area contributed by atoms with Crippen LogP contribution in [0.15, 0.2) is 52.6 Å². The minimum absolute atomic E-state index is 0.126. The Morgan fingerprint density at radius 2 is 1.95 bits per heavy atom. The van der Waals surface area contributed by atoms with Gasteiger partial charge in [-0.15, -0.1) is 11.3 Å². The summed E-state index contributed by atoms with van der Waals surface area (Å²) in [6.45, 7) is 0. The fourth-order valence-electron chi connectivity index (χ4n) is 2.23. The molecule has 0 fully saturated rings. The van der Waals surface area contributed by atoms with Gasteiger partial charge in [0.2, 0.25) is 0 Å². The molecule has 0 spiro atoms. The summed E-state index contributed by atoms with van der Waals surface area (Å²) in [5.74, 6) is 0.126. The van der Waals surface area contributed by atoms with Gasteiger partial charge in [0.05, 0.1) is 5.69 Å². The van der Waals surface area contributed by atoms with E-state index in [0.29, 0.717) is 16.3 Å². The predicted octanol–water partition coefficient (Wildman–Crippen LogP) is 3.67. The third-order valence-corrected chi connectivity index (χ3v) is 4.39. The minimum atomic E-state index is -0.290. The fraction of sp³-hybridized carbons (Fsp3) is 0. The molecule has 0 aliphatic carbocycles. The number of rotatable bonds is 2. The van der Waals surface area contributed by atoms with Gasteiger partial charge >= 0.3 is 0 Å². The highest BCUT2D eigenvalue weighted by atomic mass is 35.5. The molecule has 2 heterocycles. The van der Waals surface area contributed by atoms with Crippen molar-refractivity contribution in [3.8, 4) is 22.2 Å². The molecule has 108 valence electrons. The lowest BCUT2D eigenvalue weighted by molar-refractivity contribution is 1.00. The molecule has 4 nitrogen and oxygen atoms in total. The topological polar surface area (TPSA) is 71.8 Å². The first-order valence-corrected chi connectivity index (χ1v) is 7.63. The Labute approximate surface area is 135 Å². The fourth-order valence-corrected chi connectivity index (χ4v) is 3.10. The molecular formula is C16H10ClN3OS. The van der Waals surface area contributed by atoms with Crippen molar-refractivity contribution < 1.29 is 0 Å². The molecule has 0 saturated carbocycles. The number of anilines is 1. The molecular weight excluding hydrogens is 318 g/mol. The smallest absolute Gasteiger partial charge is 0.257 e. The van der Waals surface area contributed by atoms with E-state index < -0.39 is 0 Å². The van der Waals surface area contributed by atoms with Crippen LogP contribution in [-0.2, 0) is 0 Å². The Hall–Kier alpha value is -2.55.